The first-order valence-corrected chi connectivity index (χ1v) is 9.53. The van der Waals surface area contributed by atoms with Gasteiger partial charge in [-0.05, 0) is 57.4 Å². The zero-order valence-electron chi connectivity index (χ0n) is 13.9. The third-order valence-corrected chi connectivity index (χ3v) is 5.86. The molecule has 2 fully saturated rings. The number of rotatable bonds is 5. The fourth-order valence-electron chi connectivity index (χ4n) is 3.53. The molecular weight excluding hydrogens is 280 g/mol. The minimum absolute atomic E-state index is 0.606. The van der Waals surface area contributed by atoms with Gasteiger partial charge < -0.3 is 15.5 Å². The molecule has 1 aliphatic carbocycles. The normalized spacial score (nSPS) is 31.4. The summed E-state index contributed by atoms with van der Waals surface area (Å²) in [5, 5.41) is 8.00. The molecule has 0 aromatic carbocycles. The monoisotopic (exact) mass is 312 g/mol. The number of hydrogen-bond acceptors (Lipinski definition) is 3. The van der Waals surface area contributed by atoms with Crippen LogP contribution in [0.5, 0.6) is 0 Å². The summed E-state index contributed by atoms with van der Waals surface area (Å²) in [6, 6.07) is 0.606. The van der Waals surface area contributed by atoms with Crippen molar-refractivity contribution in [2.75, 3.05) is 39.5 Å². The van der Waals surface area contributed by atoms with Crippen LogP contribution in [0, 0.1) is 5.92 Å². The molecule has 122 valence electrons. The van der Waals surface area contributed by atoms with Crippen molar-refractivity contribution in [1.29, 1.82) is 0 Å². The lowest BCUT2D eigenvalue weighted by Gasteiger charge is -2.30. The standard InChI is InChI=1S/C16H32N4S/c1-4-21-15-8-7-14(10-15)19-16(17-2)18-11-13-6-5-9-20(3)12-13/h13-15H,4-12H2,1-3H3,(H2,17,18,19). The average molecular weight is 313 g/mol. The summed E-state index contributed by atoms with van der Waals surface area (Å²) >= 11 is 2.11. The van der Waals surface area contributed by atoms with Crippen LogP contribution in [-0.4, -0.2) is 61.6 Å². The Hall–Kier alpha value is -0.420. The summed E-state index contributed by atoms with van der Waals surface area (Å²) in [6.45, 7) is 5.77. The van der Waals surface area contributed by atoms with E-state index in [0.29, 0.717) is 6.04 Å². The highest BCUT2D eigenvalue weighted by Crippen LogP contribution is 2.29. The number of likely N-dealkylation sites (tertiary alicyclic amines) is 1. The van der Waals surface area contributed by atoms with Crippen molar-refractivity contribution in [2.45, 2.75) is 50.3 Å². The van der Waals surface area contributed by atoms with E-state index in [1.54, 1.807) is 0 Å². The Bertz CT molecular complexity index is 334. The van der Waals surface area contributed by atoms with E-state index in [2.05, 4.69) is 46.3 Å². The summed E-state index contributed by atoms with van der Waals surface area (Å²) in [5.41, 5.74) is 0. The van der Waals surface area contributed by atoms with Crippen molar-refractivity contribution in [3.8, 4) is 0 Å². The highest BCUT2D eigenvalue weighted by molar-refractivity contribution is 7.99. The molecule has 1 saturated heterocycles. The summed E-state index contributed by atoms with van der Waals surface area (Å²) in [5.74, 6) is 2.99. The Balaban J connectivity index is 1.69. The molecule has 3 unspecified atom stereocenters. The molecule has 0 radical (unpaired) electrons. The number of nitrogens with zero attached hydrogens (tertiary/aromatic N) is 2. The predicted octanol–water partition coefficient (Wildman–Crippen LogP) is 2.17. The molecule has 1 heterocycles. The van der Waals surface area contributed by atoms with Gasteiger partial charge in [0.15, 0.2) is 5.96 Å². The molecule has 21 heavy (non-hydrogen) atoms. The first kappa shape index (κ1) is 16.9. The quantitative estimate of drug-likeness (QED) is 0.603. The minimum Gasteiger partial charge on any atom is -0.356 e. The second-order valence-electron chi connectivity index (χ2n) is 6.46. The van der Waals surface area contributed by atoms with Gasteiger partial charge in [0.05, 0.1) is 0 Å². The SMILES string of the molecule is CCSC1CCC(NC(=NC)NCC2CCCN(C)C2)C1. The van der Waals surface area contributed by atoms with Gasteiger partial charge in [0.1, 0.15) is 0 Å². The van der Waals surface area contributed by atoms with Crippen LogP contribution in [0.4, 0.5) is 0 Å². The van der Waals surface area contributed by atoms with Crippen LogP contribution in [0.2, 0.25) is 0 Å². The molecule has 4 nitrogen and oxygen atoms in total. The van der Waals surface area contributed by atoms with E-state index in [9.17, 15) is 0 Å². The van der Waals surface area contributed by atoms with Gasteiger partial charge in [0, 0.05) is 31.4 Å². The number of guanidine groups is 1. The van der Waals surface area contributed by atoms with E-state index >= 15 is 0 Å². The smallest absolute Gasteiger partial charge is 0.191 e. The lowest BCUT2D eigenvalue weighted by atomic mass is 9.99. The molecule has 0 aromatic rings. The largest absolute Gasteiger partial charge is 0.356 e. The number of piperidine rings is 1. The first-order valence-electron chi connectivity index (χ1n) is 8.48. The molecule has 2 aliphatic rings. The molecule has 5 heteroatoms. The Morgan fingerprint density at radius 1 is 1.33 bits per heavy atom. The van der Waals surface area contributed by atoms with Crippen LogP contribution in [0.1, 0.15) is 39.0 Å². The van der Waals surface area contributed by atoms with Crippen LogP contribution >= 0.6 is 11.8 Å². The fourth-order valence-corrected chi connectivity index (χ4v) is 4.67. The summed E-state index contributed by atoms with van der Waals surface area (Å²) in [6.07, 6.45) is 6.58. The average Bonchev–Trinajstić information content (AvgIpc) is 2.91. The lowest BCUT2D eigenvalue weighted by Crippen LogP contribution is -2.46. The highest BCUT2D eigenvalue weighted by Gasteiger charge is 2.25. The maximum atomic E-state index is 4.40. The van der Waals surface area contributed by atoms with E-state index in [-0.39, 0.29) is 0 Å². The number of aliphatic imine (C=N–C) groups is 1. The van der Waals surface area contributed by atoms with E-state index in [4.69, 9.17) is 0 Å². The summed E-state index contributed by atoms with van der Waals surface area (Å²) in [4.78, 5) is 6.84. The fraction of sp³-hybridized carbons (Fsp3) is 0.938. The zero-order chi connectivity index (χ0) is 15.1. The molecule has 1 aliphatic heterocycles. The lowest BCUT2D eigenvalue weighted by molar-refractivity contribution is 0.210. The number of nitrogens with one attached hydrogen (secondary N) is 2. The molecule has 0 aromatic heterocycles. The van der Waals surface area contributed by atoms with Gasteiger partial charge in [-0.15, -0.1) is 0 Å². The molecule has 2 rings (SSSR count). The highest BCUT2D eigenvalue weighted by atomic mass is 32.2. The number of thioether (sulfide) groups is 1. The molecule has 2 N–H and O–H groups in total. The maximum Gasteiger partial charge on any atom is 0.191 e. The molecular formula is C16H32N4S. The Kier molecular flexibility index (Phi) is 7.17. The van der Waals surface area contributed by atoms with Gasteiger partial charge in [-0.25, -0.2) is 0 Å². The second kappa shape index (κ2) is 8.89. The number of hydrogen-bond donors (Lipinski definition) is 2. The van der Waals surface area contributed by atoms with Crippen molar-refractivity contribution in [3.05, 3.63) is 0 Å². The Morgan fingerprint density at radius 3 is 2.90 bits per heavy atom. The topological polar surface area (TPSA) is 39.7 Å². The third-order valence-electron chi connectivity index (χ3n) is 4.63. The Morgan fingerprint density at radius 2 is 2.19 bits per heavy atom. The first-order chi connectivity index (χ1) is 10.2. The van der Waals surface area contributed by atoms with Gasteiger partial charge in [0.25, 0.3) is 0 Å². The van der Waals surface area contributed by atoms with Gasteiger partial charge in [-0.1, -0.05) is 6.92 Å². The van der Waals surface area contributed by atoms with E-state index < -0.39 is 0 Å². The predicted molar refractivity (Wildman–Crippen MR) is 94.3 cm³/mol. The molecule has 1 saturated carbocycles. The van der Waals surface area contributed by atoms with Crippen molar-refractivity contribution < 1.29 is 0 Å². The van der Waals surface area contributed by atoms with Crippen molar-refractivity contribution in [2.24, 2.45) is 10.9 Å². The van der Waals surface area contributed by atoms with Crippen molar-refractivity contribution in [3.63, 3.8) is 0 Å². The summed E-state index contributed by atoms with van der Waals surface area (Å²) in [7, 11) is 4.11. The van der Waals surface area contributed by atoms with Crippen LogP contribution in [0.15, 0.2) is 4.99 Å². The maximum absolute atomic E-state index is 4.40. The van der Waals surface area contributed by atoms with Crippen LogP contribution in [0.25, 0.3) is 0 Å². The molecule has 0 amide bonds. The molecule has 0 bridgehead atoms. The zero-order valence-corrected chi connectivity index (χ0v) is 14.7. The van der Waals surface area contributed by atoms with Crippen LogP contribution in [-0.2, 0) is 0 Å². The van der Waals surface area contributed by atoms with Crippen LogP contribution < -0.4 is 10.6 Å². The van der Waals surface area contributed by atoms with Gasteiger partial charge >= 0.3 is 0 Å². The van der Waals surface area contributed by atoms with Gasteiger partial charge in [-0.2, -0.15) is 11.8 Å². The molecule has 3 atom stereocenters. The van der Waals surface area contributed by atoms with Crippen molar-refractivity contribution in [1.82, 2.24) is 15.5 Å². The van der Waals surface area contributed by atoms with Crippen molar-refractivity contribution >= 4 is 17.7 Å². The van der Waals surface area contributed by atoms with E-state index in [1.807, 2.05) is 7.05 Å². The second-order valence-corrected chi connectivity index (χ2v) is 8.03. The van der Waals surface area contributed by atoms with Crippen LogP contribution in [0.3, 0.4) is 0 Å². The van der Waals surface area contributed by atoms with E-state index in [0.717, 1.165) is 23.7 Å². The third kappa shape index (κ3) is 5.70. The van der Waals surface area contributed by atoms with E-state index in [1.165, 1.54) is 50.9 Å². The van der Waals surface area contributed by atoms with Gasteiger partial charge in [-0.3, -0.25) is 4.99 Å². The molecule has 0 spiro atoms. The van der Waals surface area contributed by atoms with Gasteiger partial charge in [0.2, 0.25) is 0 Å². The minimum atomic E-state index is 0.606. The Labute approximate surface area is 134 Å². The summed E-state index contributed by atoms with van der Waals surface area (Å²) < 4.78 is 0.